The number of fused-ring (bicyclic) bond motifs is 5. The number of ketones is 1. The van der Waals surface area contributed by atoms with E-state index < -0.39 is 11.7 Å². The molecule has 2 saturated heterocycles. The van der Waals surface area contributed by atoms with Gasteiger partial charge in [-0.25, -0.2) is 0 Å². The third-order valence-corrected chi connectivity index (χ3v) is 7.53. The lowest BCUT2D eigenvalue weighted by molar-refractivity contribution is -0.162. The second-order valence-corrected chi connectivity index (χ2v) is 8.79. The Hall–Kier alpha value is -2.02. The Labute approximate surface area is 171 Å². The quantitative estimate of drug-likeness (QED) is 0.681. The van der Waals surface area contributed by atoms with Gasteiger partial charge >= 0.3 is 0 Å². The molecule has 3 fully saturated rings. The minimum Gasteiger partial charge on any atom is -0.348 e. The lowest BCUT2D eigenvalue weighted by Gasteiger charge is -2.47. The predicted octanol–water partition coefficient (Wildman–Crippen LogP) is 2.13. The standard InChI is InChI=1S/C23H28N2O4/c1-4-14-12-24(2)10-9-23-17-7-5-6-8-18(17)25-20(23)16(15(14)11-19(23)26)13-29-22(28-3)21(25)27/h4-8,15-16,20,22H,9-13H2,1-3H3/t15-,16+,20-,22-,23+/m0/s1. The Balaban J connectivity index is 1.78. The monoisotopic (exact) mass is 396 g/mol. The molecule has 1 saturated carbocycles. The van der Waals surface area contributed by atoms with Crippen LogP contribution in [0.3, 0.4) is 0 Å². The van der Waals surface area contributed by atoms with Crippen molar-refractivity contribution in [3.8, 4) is 0 Å². The third kappa shape index (κ3) is 2.46. The van der Waals surface area contributed by atoms with Gasteiger partial charge < -0.3 is 19.3 Å². The van der Waals surface area contributed by atoms with Crippen LogP contribution in [-0.2, 0) is 24.5 Å². The maximum Gasteiger partial charge on any atom is 0.284 e. The number of hydrogen-bond acceptors (Lipinski definition) is 5. The number of ether oxygens (including phenoxy) is 2. The van der Waals surface area contributed by atoms with E-state index in [1.54, 1.807) is 0 Å². The Morgan fingerprint density at radius 1 is 1.28 bits per heavy atom. The molecule has 1 amide bonds. The first kappa shape index (κ1) is 19.0. The van der Waals surface area contributed by atoms with E-state index in [-0.39, 0.29) is 29.6 Å². The molecule has 0 unspecified atom stereocenters. The SMILES string of the molecule is CC=C1CN(C)CC[C@]23C(=O)C[C@@H]1[C@H]1CO[C@H](OC)C(=O)N(c4ccccc42)[C@@H]13. The molecule has 3 heterocycles. The number of Topliss-reactive ketones (excluding diaryl/α,β-unsaturated/α-hetero) is 1. The van der Waals surface area contributed by atoms with Gasteiger partial charge in [0.2, 0.25) is 6.29 Å². The van der Waals surface area contributed by atoms with E-state index >= 15 is 0 Å². The zero-order chi connectivity index (χ0) is 20.3. The molecule has 4 aliphatic rings. The molecular formula is C23H28N2O4. The van der Waals surface area contributed by atoms with Crippen LogP contribution < -0.4 is 4.90 Å². The smallest absolute Gasteiger partial charge is 0.284 e. The number of para-hydroxylation sites is 1. The van der Waals surface area contributed by atoms with E-state index in [1.807, 2.05) is 29.2 Å². The first-order valence-corrected chi connectivity index (χ1v) is 10.5. The van der Waals surface area contributed by atoms with Crippen LogP contribution in [0.25, 0.3) is 0 Å². The molecule has 5 rings (SSSR count). The number of amides is 1. The zero-order valence-electron chi connectivity index (χ0n) is 17.3. The Morgan fingerprint density at radius 2 is 2.07 bits per heavy atom. The van der Waals surface area contributed by atoms with Crippen molar-refractivity contribution < 1.29 is 19.1 Å². The van der Waals surface area contributed by atoms with Crippen LogP contribution in [0.4, 0.5) is 5.69 Å². The third-order valence-electron chi connectivity index (χ3n) is 7.53. The molecule has 6 heteroatoms. The van der Waals surface area contributed by atoms with Crippen molar-refractivity contribution in [3.63, 3.8) is 0 Å². The molecule has 1 aliphatic carbocycles. The zero-order valence-corrected chi connectivity index (χ0v) is 17.3. The first-order chi connectivity index (χ1) is 14.0. The summed E-state index contributed by atoms with van der Waals surface area (Å²) in [5, 5.41) is 0. The van der Waals surface area contributed by atoms with E-state index in [2.05, 4.69) is 24.9 Å². The minimum absolute atomic E-state index is 0.0573. The van der Waals surface area contributed by atoms with Gasteiger partial charge in [0.25, 0.3) is 5.91 Å². The number of allylic oxidation sites excluding steroid dienone is 1. The fourth-order valence-electron chi connectivity index (χ4n) is 6.24. The average molecular weight is 396 g/mol. The highest BCUT2D eigenvalue weighted by Gasteiger charge is 2.65. The highest BCUT2D eigenvalue weighted by atomic mass is 16.7. The maximum atomic E-state index is 13.9. The second-order valence-electron chi connectivity index (χ2n) is 8.79. The predicted molar refractivity (Wildman–Crippen MR) is 109 cm³/mol. The highest BCUT2D eigenvalue weighted by molar-refractivity contribution is 6.06. The number of methoxy groups -OCH3 is 1. The molecule has 1 aromatic rings. The van der Waals surface area contributed by atoms with Crippen LogP contribution >= 0.6 is 0 Å². The fraction of sp³-hybridized carbons (Fsp3) is 0.565. The van der Waals surface area contributed by atoms with Gasteiger partial charge in [0, 0.05) is 31.7 Å². The summed E-state index contributed by atoms with van der Waals surface area (Å²) in [6.45, 7) is 4.12. The molecule has 1 spiro atoms. The summed E-state index contributed by atoms with van der Waals surface area (Å²) in [7, 11) is 3.62. The van der Waals surface area contributed by atoms with Crippen LogP contribution in [0.15, 0.2) is 35.9 Å². The van der Waals surface area contributed by atoms with E-state index in [1.165, 1.54) is 12.7 Å². The van der Waals surface area contributed by atoms with Crippen LogP contribution in [0.5, 0.6) is 0 Å². The summed E-state index contributed by atoms with van der Waals surface area (Å²) in [5.41, 5.74) is 2.45. The number of rotatable bonds is 1. The number of nitrogens with zero attached hydrogens (tertiary/aromatic N) is 2. The number of benzene rings is 1. The van der Waals surface area contributed by atoms with Gasteiger partial charge in [-0.15, -0.1) is 0 Å². The van der Waals surface area contributed by atoms with E-state index in [4.69, 9.17) is 9.47 Å². The number of hydrogen-bond donors (Lipinski definition) is 0. The van der Waals surface area contributed by atoms with Crippen LogP contribution in [0, 0.1) is 11.8 Å². The fourth-order valence-corrected chi connectivity index (χ4v) is 6.24. The summed E-state index contributed by atoms with van der Waals surface area (Å²) >= 11 is 0. The van der Waals surface area contributed by atoms with Crippen LogP contribution in [0.2, 0.25) is 0 Å². The van der Waals surface area contributed by atoms with Gasteiger partial charge in [0.05, 0.1) is 18.1 Å². The van der Waals surface area contributed by atoms with Crippen molar-refractivity contribution in [2.24, 2.45) is 11.8 Å². The number of anilines is 1. The molecule has 2 bridgehead atoms. The van der Waals surface area contributed by atoms with Crippen molar-refractivity contribution in [3.05, 3.63) is 41.5 Å². The molecule has 3 aliphatic heterocycles. The second kappa shape index (κ2) is 6.76. The topological polar surface area (TPSA) is 59.1 Å². The summed E-state index contributed by atoms with van der Waals surface area (Å²) in [5.74, 6) is 0.197. The van der Waals surface area contributed by atoms with Gasteiger partial charge in [0.15, 0.2) is 0 Å². The van der Waals surface area contributed by atoms with Crippen molar-refractivity contribution in [2.75, 3.05) is 38.8 Å². The largest absolute Gasteiger partial charge is 0.348 e. The molecule has 1 aromatic carbocycles. The van der Waals surface area contributed by atoms with Crippen molar-refractivity contribution in [2.45, 2.75) is 37.5 Å². The van der Waals surface area contributed by atoms with E-state index in [9.17, 15) is 9.59 Å². The van der Waals surface area contributed by atoms with E-state index in [0.717, 1.165) is 24.3 Å². The normalized spacial score (nSPS) is 38.3. The van der Waals surface area contributed by atoms with Gasteiger partial charge in [-0.2, -0.15) is 0 Å². The summed E-state index contributed by atoms with van der Waals surface area (Å²) < 4.78 is 11.4. The van der Waals surface area contributed by atoms with Crippen LogP contribution in [-0.4, -0.2) is 62.8 Å². The molecule has 6 nitrogen and oxygen atoms in total. The molecule has 0 aromatic heterocycles. The maximum absolute atomic E-state index is 13.9. The van der Waals surface area contributed by atoms with E-state index in [0.29, 0.717) is 19.4 Å². The lowest BCUT2D eigenvalue weighted by Crippen LogP contribution is -2.61. The Morgan fingerprint density at radius 3 is 2.83 bits per heavy atom. The molecule has 154 valence electrons. The van der Waals surface area contributed by atoms with Gasteiger partial charge in [-0.05, 0) is 44.5 Å². The minimum atomic E-state index is -0.931. The first-order valence-electron chi connectivity index (χ1n) is 10.5. The molecule has 0 N–H and O–H groups in total. The molecule has 0 radical (unpaired) electrons. The molecule has 29 heavy (non-hydrogen) atoms. The molecular weight excluding hydrogens is 368 g/mol. The Bertz CT molecular complexity index is 897. The Kier molecular flexibility index (Phi) is 4.42. The van der Waals surface area contributed by atoms with Crippen molar-refractivity contribution in [1.82, 2.24) is 4.90 Å². The number of carbonyl (C=O) groups excluding carboxylic acids is 2. The summed E-state index contributed by atoms with van der Waals surface area (Å²) in [4.78, 5) is 31.5. The number of likely N-dealkylation sites (N-methyl/N-ethyl adjacent to an activating group) is 1. The summed E-state index contributed by atoms with van der Waals surface area (Å²) in [6, 6.07) is 7.72. The summed E-state index contributed by atoms with van der Waals surface area (Å²) in [6.07, 6.45) is 2.44. The number of carbonyl (C=O) groups is 2. The van der Waals surface area contributed by atoms with Crippen molar-refractivity contribution >= 4 is 17.4 Å². The highest BCUT2D eigenvalue weighted by Crippen LogP contribution is 2.58. The average Bonchev–Trinajstić information content (AvgIpc) is 2.98. The molecule has 5 atom stereocenters. The van der Waals surface area contributed by atoms with Gasteiger partial charge in [-0.1, -0.05) is 29.8 Å². The van der Waals surface area contributed by atoms with Crippen LogP contribution in [0.1, 0.15) is 25.3 Å². The van der Waals surface area contributed by atoms with Gasteiger partial charge in [0.1, 0.15) is 5.78 Å². The van der Waals surface area contributed by atoms with Gasteiger partial charge in [-0.3, -0.25) is 9.59 Å². The van der Waals surface area contributed by atoms with Crippen molar-refractivity contribution in [1.29, 1.82) is 0 Å². The lowest BCUT2D eigenvalue weighted by atomic mass is 9.57.